The van der Waals surface area contributed by atoms with Crippen LogP contribution in [0.4, 0.5) is 0 Å². The molecule has 0 saturated heterocycles. The lowest BCUT2D eigenvalue weighted by Crippen LogP contribution is -2.48. The minimum atomic E-state index is -1.20. The maximum absolute atomic E-state index is 15.3. The molecule has 0 bridgehead atoms. The molecule has 1 aromatic heterocycles. The number of aromatic nitrogens is 1. The third kappa shape index (κ3) is 5.26. The summed E-state index contributed by atoms with van der Waals surface area (Å²) in [6.07, 6.45) is 3.07. The Hall–Kier alpha value is -5.52. The first-order chi connectivity index (χ1) is 21.6. The average Bonchev–Trinajstić information content (AvgIpc) is 3.09. The summed E-state index contributed by atoms with van der Waals surface area (Å²) >= 11 is 0. The van der Waals surface area contributed by atoms with Crippen molar-refractivity contribution < 1.29 is 9.90 Å². The van der Waals surface area contributed by atoms with Gasteiger partial charge in [-0.25, -0.2) is 0 Å². The zero-order chi connectivity index (χ0) is 30.4. The Morgan fingerprint density at radius 1 is 0.659 bits per heavy atom. The Bertz CT molecular complexity index is 1750. The summed E-state index contributed by atoms with van der Waals surface area (Å²) in [7, 11) is 0. The van der Waals surface area contributed by atoms with Gasteiger partial charge in [-0.1, -0.05) is 146 Å². The fraction of sp³-hybridized carbons (Fsp3) is 0.0769. The van der Waals surface area contributed by atoms with Gasteiger partial charge in [-0.2, -0.15) is 0 Å². The number of nitrogens with zero attached hydrogens (tertiary/aromatic N) is 1. The summed E-state index contributed by atoms with van der Waals surface area (Å²) < 4.78 is 0. The number of rotatable bonds is 9. The number of amides is 1. The van der Waals surface area contributed by atoms with Crippen LogP contribution >= 0.6 is 0 Å². The van der Waals surface area contributed by atoms with Crippen molar-refractivity contribution in [2.45, 2.75) is 18.0 Å². The molecule has 44 heavy (non-hydrogen) atoms. The number of aromatic hydroxyl groups is 1. The summed E-state index contributed by atoms with van der Waals surface area (Å²) in [5, 5.41) is 14.3. The van der Waals surface area contributed by atoms with Crippen LogP contribution in [0.1, 0.15) is 39.4 Å². The molecular weight excluding hydrogens is 542 g/mol. The highest BCUT2D eigenvalue weighted by Crippen LogP contribution is 2.42. The van der Waals surface area contributed by atoms with Crippen molar-refractivity contribution in [3.05, 3.63) is 191 Å². The van der Waals surface area contributed by atoms with Gasteiger partial charge < -0.3 is 16.2 Å². The Balaban J connectivity index is 1.61. The predicted octanol–water partition coefficient (Wildman–Crippen LogP) is 7.15. The Kier molecular flexibility index (Phi) is 8.30. The molecule has 0 radical (unpaired) electrons. The van der Waals surface area contributed by atoms with Gasteiger partial charge in [-0.15, -0.1) is 0 Å². The maximum atomic E-state index is 15.3. The van der Waals surface area contributed by atoms with Crippen LogP contribution in [0, 0.1) is 0 Å². The van der Waals surface area contributed by atoms with Gasteiger partial charge in [-0.3, -0.25) is 9.78 Å². The Labute approximate surface area is 257 Å². The quantitative estimate of drug-likeness (QED) is 0.160. The van der Waals surface area contributed by atoms with Gasteiger partial charge in [0.15, 0.2) is 0 Å². The zero-order valence-corrected chi connectivity index (χ0v) is 24.2. The van der Waals surface area contributed by atoms with Crippen LogP contribution in [-0.4, -0.2) is 16.0 Å². The molecule has 0 aliphatic carbocycles. The second-order valence-corrected chi connectivity index (χ2v) is 10.6. The van der Waals surface area contributed by atoms with E-state index in [1.54, 1.807) is 6.20 Å². The van der Waals surface area contributed by atoms with Gasteiger partial charge in [-0.05, 0) is 33.4 Å². The number of benzene rings is 5. The first kappa shape index (κ1) is 28.6. The summed E-state index contributed by atoms with van der Waals surface area (Å²) in [6, 6.07) is 46.9. The van der Waals surface area contributed by atoms with E-state index in [9.17, 15) is 5.11 Å². The largest absolute Gasteiger partial charge is 0.506 e. The fourth-order valence-electron chi connectivity index (χ4n) is 6.11. The van der Waals surface area contributed by atoms with E-state index in [2.05, 4.69) is 10.3 Å². The highest BCUT2D eigenvalue weighted by atomic mass is 16.3. The van der Waals surface area contributed by atoms with Crippen LogP contribution in [0.15, 0.2) is 158 Å². The maximum Gasteiger partial charge on any atom is 0.240 e. The van der Waals surface area contributed by atoms with Crippen LogP contribution in [0.25, 0.3) is 11.1 Å². The molecule has 6 aromatic rings. The van der Waals surface area contributed by atoms with E-state index >= 15 is 4.79 Å². The first-order valence-corrected chi connectivity index (χ1v) is 14.6. The number of nitrogens with two attached hydrogens (primary N) is 1. The normalized spacial score (nSPS) is 11.9. The number of nitrogens with one attached hydrogen (secondary N) is 1. The van der Waals surface area contributed by atoms with E-state index in [0.717, 1.165) is 33.4 Å². The summed E-state index contributed by atoms with van der Waals surface area (Å²) in [4.78, 5) is 19.7. The molecule has 4 N–H and O–H groups in total. The summed E-state index contributed by atoms with van der Waals surface area (Å²) in [5.41, 5.74) is 11.5. The molecule has 0 aliphatic rings. The van der Waals surface area contributed by atoms with Crippen molar-refractivity contribution in [2.24, 2.45) is 5.73 Å². The molecule has 5 heteroatoms. The fourth-order valence-corrected chi connectivity index (χ4v) is 6.11. The van der Waals surface area contributed by atoms with Crippen LogP contribution in [-0.2, 0) is 16.8 Å². The number of carbonyl (C=O) groups is 1. The number of hydrogen-bond donors (Lipinski definition) is 3. The molecule has 0 aliphatic heterocycles. The molecule has 5 aromatic carbocycles. The monoisotopic (exact) mass is 575 g/mol. The smallest absolute Gasteiger partial charge is 0.240 e. The van der Waals surface area contributed by atoms with Gasteiger partial charge in [0.2, 0.25) is 5.91 Å². The van der Waals surface area contributed by atoms with E-state index in [4.69, 9.17) is 5.73 Å². The molecule has 0 saturated carbocycles. The third-order valence-electron chi connectivity index (χ3n) is 8.18. The van der Waals surface area contributed by atoms with Crippen molar-refractivity contribution in [2.75, 3.05) is 0 Å². The predicted molar refractivity (Wildman–Crippen MR) is 175 cm³/mol. The van der Waals surface area contributed by atoms with Crippen molar-refractivity contribution in [1.29, 1.82) is 0 Å². The van der Waals surface area contributed by atoms with Gasteiger partial charge in [0.05, 0.1) is 12.2 Å². The molecule has 216 valence electrons. The SMILES string of the molecule is NCc1c(O)cncc1[C@H](NC(=O)C(c1ccccc1)(c1ccccc1)c1ccccc1)c1ccccc1-c1ccccc1. The van der Waals surface area contributed by atoms with Crippen LogP contribution in [0.5, 0.6) is 5.75 Å². The van der Waals surface area contributed by atoms with Gasteiger partial charge in [0.1, 0.15) is 11.2 Å². The summed E-state index contributed by atoms with van der Waals surface area (Å²) in [6.45, 7) is 0.0742. The molecule has 0 spiro atoms. The van der Waals surface area contributed by atoms with Crippen LogP contribution < -0.4 is 11.1 Å². The minimum absolute atomic E-state index is 0.0121. The molecule has 6 rings (SSSR count). The zero-order valence-electron chi connectivity index (χ0n) is 24.2. The molecule has 5 nitrogen and oxygen atoms in total. The van der Waals surface area contributed by atoms with E-state index in [1.807, 2.05) is 146 Å². The Morgan fingerprint density at radius 3 is 1.66 bits per heavy atom. The highest BCUT2D eigenvalue weighted by Gasteiger charge is 2.45. The topological polar surface area (TPSA) is 88.2 Å². The van der Waals surface area contributed by atoms with Gasteiger partial charge in [0.25, 0.3) is 0 Å². The Morgan fingerprint density at radius 2 is 1.14 bits per heavy atom. The first-order valence-electron chi connectivity index (χ1n) is 14.6. The standard InChI is InChI=1S/C39H33N3O2/c40-25-34-35(26-41-27-36(34)43)37(33-24-14-13-23-32(33)28-15-5-1-6-16-28)42-38(44)39(29-17-7-2-8-18-29,30-19-9-3-10-20-30)31-21-11-4-12-22-31/h1-24,26-27,37,43H,25,40H2,(H,42,44)/t37-/m1/s1. The van der Waals surface area contributed by atoms with Gasteiger partial charge >= 0.3 is 0 Å². The van der Waals surface area contributed by atoms with Crippen molar-refractivity contribution in [1.82, 2.24) is 10.3 Å². The third-order valence-corrected chi connectivity index (χ3v) is 8.18. The van der Waals surface area contributed by atoms with Crippen LogP contribution in [0.3, 0.4) is 0 Å². The molecule has 1 atom stereocenters. The van der Waals surface area contributed by atoms with Crippen molar-refractivity contribution >= 4 is 5.91 Å². The second-order valence-electron chi connectivity index (χ2n) is 10.6. The number of pyridine rings is 1. The number of hydrogen-bond acceptors (Lipinski definition) is 4. The van der Waals surface area contributed by atoms with Crippen LogP contribution in [0.2, 0.25) is 0 Å². The average molecular weight is 576 g/mol. The lowest BCUT2D eigenvalue weighted by molar-refractivity contribution is -0.124. The lowest BCUT2D eigenvalue weighted by Gasteiger charge is -2.36. The van der Waals surface area contributed by atoms with E-state index in [1.165, 1.54) is 6.20 Å². The highest BCUT2D eigenvalue weighted by molar-refractivity contribution is 5.97. The second kappa shape index (κ2) is 12.8. The molecule has 1 heterocycles. The lowest BCUT2D eigenvalue weighted by atomic mass is 9.68. The molecular formula is C39H33N3O2. The summed E-state index contributed by atoms with van der Waals surface area (Å²) in [5.74, 6) is -0.234. The van der Waals surface area contributed by atoms with Crippen molar-refractivity contribution in [3.63, 3.8) is 0 Å². The molecule has 1 amide bonds. The molecule has 0 fully saturated rings. The minimum Gasteiger partial charge on any atom is -0.506 e. The van der Waals surface area contributed by atoms with E-state index in [0.29, 0.717) is 11.1 Å². The molecule has 0 unspecified atom stereocenters. The van der Waals surface area contributed by atoms with E-state index < -0.39 is 11.5 Å². The number of carbonyl (C=O) groups excluding carboxylic acids is 1. The van der Waals surface area contributed by atoms with Crippen molar-refractivity contribution in [3.8, 4) is 16.9 Å². The van der Waals surface area contributed by atoms with E-state index in [-0.39, 0.29) is 18.2 Å². The van der Waals surface area contributed by atoms with Gasteiger partial charge in [0, 0.05) is 23.9 Å².